The Morgan fingerprint density at radius 3 is 2.18 bits per heavy atom. The lowest BCUT2D eigenvalue weighted by Gasteiger charge is -2.31. The van der Waals surface area contributed by atoms with Gasteiger partial charge in [-0.15, -0.1) is 0 Å². The maximum absolute atomic E-state index is 10.8. The molecule has 3 nitrogen and oxygen atoms in total. The fourth-order valence-electron chi connectivity index (χ4n) is 1.50. The minimum Gasteiger partial charge on any atom is -0.480 e. The summed E-state index contributed by atoms with van der Waals surface area (Å²) in [6.07, 6.45) is 4.77. The van der Waals surface area contributed by atoms with Crippen LogP contribution in [0.3, 0.4) is 0 Å². The minimum absolute atomic E-state index is 0.626. The van der Waals surface area contributed by atoms with E-state index >= 15 is 0 Å². The van der Waals surface area contributed by atoms with Gasteiger partial charge in [0.05, 0.1) is 0 Å². The van der Waals surface area contributed by atoms with Crippen molar-refractivity contribution < 1.29 is 9.90 Å². The van der Waals surface area contributed by atoms with Crippen LogP contribution in [0.15, 0.2) is 0 Å². The second kappa shape index (κ2) is 3.71. The number of aliphatic carboxylic acids is 1. The second-order valence-corrected chi connectivity index (χ2v) is 3.58. The lowest BCUT2D eigenvalue weighted by atomic mass is 9.83. The van der Waals surface area contributed by atoms with E-state index in [9.17, 15) is 4.79 Å². The second-order valence-electron chi connectivity index (χ2n) is 3.04. The first-order valence-corrected chi connectivity index (χ1v) is 4.90. The zero-order chi connectivity index (χ0) is 8.32. The third-order valence-electron chi connectivity index (χ3n) is 2.30. The summed E-state index contributed by atoms with van der Waals surface area (Å²) in [7, 11) is 0. The lowest BCUT2D eigenvalue weighted by molar-refractivity contribution is -0.145. The summed E-state index contributed by atoms with van der Waals surface area (Å²) >= 11 is 1.94. The Labute approximate surface area is 80.0 Å². The van der Waals surface area contributed by atoms with Crippen molar-refractivity contribution in [1.29, 1.82) is 0 Å². The molecule has 0 bridgehead atoms. The quantitative estimate of drug-likeness (QED) is 0.592. The number of hydrogen-bond acceptors (Lipinski definition) is 2. The van der Waals surface area contributed by atoms with Gasteiger partial charge in [-0.25, -0.2) is 3.53 Å². The summed E-state index contributed by atoms with van der Waals surface area (Å²) in [4.78, 5) is 10.8. The van der Waals surface area contributed by atoms with E-state index in [0.717, 1.165) is 25.7 Å². The lowest BCUT2D eigenvalue weighted by Crippen LogP contribution is -2.48. The van der Waals surface area contributed by atoms with Gasteiger partial charge in [-0.2, -0.15) is 0 Å². The topological polar surface area (TPSA) is 49.3 Å². The van der Waals surface area contributed by atoms with Crippen molar-refractivity contribution in [3.63, 3.8) is 0 Å². The molecule has 1 rings (SSSR count). The molecule has 2 N–H and O–H groups in total. The van der Waals surface area contributed by atoms with E-state index in [1.54, 1.807) is 0 Å². The highest BCUT2D eigenvalue weighted by Crippen LogP contribution is 2.29. The highest BCUT2D eigenvalue weighted by atomic mass is 127. The summed E-state index contributed by atoms with van der Waals surface area (Å²) in [5.41, 5.74) is -0.626. The molecule has 0 atom stereocenters. The van der Waals surface area contributed by atoms with Crippen LogP contribution < -0.4 is 3.53 Å². The van der Waals surface area contributed by atoms with Crippen LogP contribution in [0, 0.1) is 0 Å². The molecule has 0 aromatic heterocycles. The average molecular weight is 269 g/mol. The van der Waals surface area contributed by atoms with Gasteiger partial charge >= 0.3 is 5.97 Å². The Morgan fingerprint density at radius 2 is 1.91 bits per heavy atom. The molecule has 11 heavy (non-hydrogen) atoms. The van der Waals surface area contributed by atoms with Crippen LogP contribution in [0.5, 0.6) is 0 Å². The number of carboxylic acid groups (broad SMARTS) is 1. The highest BCUT2D eigenvalue weighted by Gasteiger charge is 2.38. The molecule has 0 saturated heterocycles. The molecule has 0 aliphatic heterocycles. The molecular weight excluding hydrogens is 257 g/mol. The van der Waals surface area contributed by atoms with E-state index in [-0.39, 0.29) is 0 Å². The molecule has 4 heteroatoms. The van der Waals surface area contributed by atoms with Gasteiger partial charge in [-0.1, -0.05) is 19.3 Å². The Kier molecular flexibility index (Phi) is 3.12. The average Bonchev–Trinajstić information content (AvgIpc) is 2.05. The maximum atomic E-state index is 10.8. The number of hydrogen-bond donors (Lipinski definition) is 2. The van der Waals surface area contributed by atoms with Crippen LogP contribution in [0.4, 0.5) is 0 Å². The van der Waals surface area contributed by atoms with Gasteiger partial charge in [0.25, 0.3) is 0 Å². The van der Waals surface area contributed by atoms with Crippen LogP contribution in [0.2, 0.25) is 0 Å². The summed E-state index contributed by atoms with van der Waals surface area (Å²) < 4.78 is 2.89. The van der Waals surface area contributed by atoms with E-state index in [2.05, 4.69) is 3.53 Å². The molecule has 1 aliphatic carbocycles. The van der Waals surface area contributed by atoms with Crippen molar-refractivity contribution >= 4 is 28.8 Å². The Bertz CT molecular complexity index is 155. The van der Waals surface area contributed by atoms with Gasteiger partial charge in [0.1, 0.15) is 5.54 Å². The van der Waals surface area contributed by atoms with Crippen LogP contribution in [-0.4, -0.2) is 16.6 Å². The van der Waals surface area contributed by atoms with Gasteiger partial charge in [-0.3, -0.25) is 4.79 Å². The predicted molar refractivity (Wildman–Crippen MR) is 50.6 cm³/mol. The third kappa shape index (κ3) is 1.84. The number of nitrogens with one attached hydrogen (secondary N) is 1. The SMILES string of the molecule is O=C(O)C1(NI)CCCCC1. The Morgan fingerprint density at radius 1 is 1.36 bits per heavy atom. The van der Waals surface area contributed by atoms with Crippen molar-refractivity contribution in [1.82, 2.24) is 3.53 Å². The summed E-state index contributed by atoms with van der Waals surface area (Å²) in [5.74, 6) is -0.702. The fourth-order valence-corrected chi connectivity index (χ4v) is 2.27. The number of carbonyl (C=O) groups is 1. The van der Waals surface area contributed by atoms with Crippen LogP contribution in [0.1, 0.15) is 32.1 Å². The summed E-state index contributed by atoms with van der Waals surface area (Å²) in [5, 5.41) is 8.92. The van der Waals surface area contributed by atoms with Gasteiger partial charge in [0.2, 0.25) is 0 Å². The van der Waals surface area contributed by atoms with Crippen molar-refractivity contribution in [2.24, 2.45) is 0 Å². The molecule has 64 valence electrons. The molecule has 0 aromatic carbocycles. The van der Waals surface area contributed by atoms with E-state index in [1.165, 1.54) is 6.42 Å². The molecule has 1 saturated carbocycles. The Hall–Kier alpha value is 0.160. The van der Waals surface area contributed by atoms with E-state index < -0.39 is 11.5 Å². The largest absolute Gasteiger partial charge is 0.480 e. The first kappa shape index (κ1) is 9.25. The standard InChI is InChI=1S/C7H12INO2/c8-9-7(6(10)11)4-2-1-3-5-7/h9H,1-5H2,(H,10,11). The molecule has 0 aromatic rings. The number of rotatable bonds is 2. The molecular formula is C7H12INO2. The monoisotopic (exact) mass is 269 g/mol. The van der Waals surface area contributed by atoms with Crippen molar-refractivity contribution in [2.75, 3.05) is 0 Å². The smallest absolute Gasteiger partial charge is 0.324 e. The summed E-state index contributed by atoms with van der Waals surface area (Å²) in [6.45, 7) is 0. The van der Waals surface area contributed by atoms with Gasteiger partial charge in [-0.05, 0) is 12.8 Å². The molecule has 0 radical (unpaired) electrons. The van der Waals surface area contributed by atoms with Crippen molar-refractivity contribution in [2.45, 2.75) is 37.6 Å². The molecule has 0 amide bonds. The minimum atomic E-state index is -0.702. The van der Waals surface area contributed by atoms with Crippen molar-refractivity contribution in [3.8, 4) is 0 Å². The van der Waals surface area contributed by atoms with E-state index in [0.29, 0.717) is 0 Å². The normalized spacial score (nSPS) is 23.0. The maximum Gasteiger partial charge on any atom is 0.324 e. The molecule has 0 spiro atoms. The highest BCUT2D eigenvalue weighted by molar-refractivity contribution is 14.1. The van der Waals surface area contributed by atoms with Crippen LogP contribution in [-0.2, 0) is 4.79 Å². The van der Waals surface area contributed by atoms with E-state index in [1.807, 2.05) is 22.9 Å². The number of halogens is 1. The zero-order valence-corrected chi connectivity index (χ0v) is 8.43. The first-order chi connectivity index (χ1) is 5.21. The van der Waals surface area contributed by atoms with Gasteiger partial charge in [0, 0.05) is 22.9 Å². The third-order valence-corrected chi connectivity index (χ3v) is 3.33. The predicted octanol–water partition coefficient (Wildman–Crippen LogP) is 1.71. The zero-order valence-electron chi connectivity index (χ0n) is 6.27. The Balaban J connectivity index is 2.64. The van der Waals surface area contributed by atoms with Gasteiger partial charge in [0.15, 0.2) is 0 Å². The molecule has 0 unspecified atom stereocenters. The number of carboxylic acids is 1. The van der Waals surface area contributed by atoms with Gasteiger partial charge < -0.3 is 5.11 Å². The first-order valence-electron chi connectivity index (χ1n) is 3.82. The molecule has 0 heterocycles. The van der Waals surface area contributed by atoms with Crippen LogP contribution >= 0.6 is 22.9 Å². The van der Waals surface area contributed by atoms with Crippen LogP contribution in [0.25, 0.3) is 0 Å². The fraction of sp³-hybridized carbons (Fsp3) is 0.857. The molecule has 1 fully saturated rings. The molecule has 1 aliphatic rings. The summed E-state index contributed by atoms with van der Waals surface area (Å²) in [6, 6.07) is 0. The van der Waals surface area contributed by atoms with E-state index in [4.69, 9.17) is 5.11 Å². The van der Waals surface area contributed by atoms with Crippen molar-refractivity contribution in [3.05, 3.63) is 0 Å².